The molecule has 1 aromatic carbocycles. The average molecular weight is 302 g/mol. The minimum atomic E-state index is -0.362. The highest BCUT2D eigenvalue weighted by atomic mass is 16.6. The summed E-state index contributed by atoms with van der Waals surface area (Å²) < 4.78 is 5.29. The van der Waals surface area contributed by atoms with Gasteiger partial charge >= 0.3 is 0 Å². The summed E-state index contributed by atoms with van der Waals surface area (Å²) >= 11 is 0. The second kappa shape index (κ2) is 5.75. The van der Waals surface area contributed by atoms with Crippen molar-refractivity contribution in [2.24, 2.45) is 5.92 Å². The molecule has 0 aliphatic carbocycles. The molecule has 116 valence electrons. The molecule has 0 spiro atoms. The van der Waals surface area contributed by atoms with Crippen LogP contribution < -0.4 is 4.90 Å². The predicted octanol–water partition coefficient (Wildman–Crippen LogP) is 2.74. The smallest absolute Gasteiger partial charge is 0.269 e. The van der Waals surface area contributed by atoms with Crippen LogP contribution in [0.25, 0.3) is 0 Å². The maximum atomic E-state index is 10.8. The Bertz CT molecular complexity index is 696. The molecule has 7 heteroatoms. The maximum Gasteiger partial charge on any atom is 0.269 e. The molecule has 1 aliphatic rings. The van der Waals surface area contributed by atoms with Gasteiger partial charge in [0.1, 0.15) is 0 Å². The quantitative estimate of drug-likeness (QED) is 0.623. The zero-order valence-corrected chi connectivity index (χ0v) is 12.7. The molecule has 7 nitrogen and oxygen atoms in total. The fourth-order valence-corrected chi connectivity index (χ4v) is 2.70. The minimum Gasteiger partial charge on any atom is -0.362 e. The monoisotopic (exact) mass is 302 g/mol. The molecule has 1 aliphatic heterocycles. The Kier molecular flexibility index (Phi) is 3.79. The molecule has 0 atom stereocenters. The highest BCUT2D eigenvalue weighted by molar-refractivity contribution is 5.61. The normalized spacial score (nSPS) is 13.7. The van der Waals surface area contributed by atoms with E-state index in [1.807, 2.05) is 0 Å². The summed E-state index contributed by atoms with van der Waals surface area (Å²) in [5.41, 5.74) is 2.14. The van der Waals surface area contributed by atoms with Crippen molar-refractivity contribution in [3.8, 4) is 0 Å². The van der Waals surface area contributed by atoms with E-state index in [4.69, 9.17) is 4.52 Å². The number of rotatable bonds is 5. The molecule has 0 radical (unpaired) electrons. The third-order valence-electron chi connectivity index (χ3n) is 3.69. The lowest BCUT2D eigenvalue weighted by Gasteiger charge is -2.16. The van der Waals surface area contributed by atoms with Gasteiger partial charge in [0.05, 0.1) is 11.5 Å². The van der Waals surface area contributed by atoms with E-state index >= 15 is 0 Å². The molecule has 2 aromatic rings. The lowest BCUT2D eigenvalue weighted by atomic mass is 10.1. The van der Waals surface area contributed by atoms with E-state index < -0.39 is 0 Å². The standard InChI is InChI=1S/C15H18N4O3/c1-10(2)7-14-16-15(22-17-14)9-18-6-5-11-8-12(19(20)21)3-4-13(11)18/h3-4,8,10H,5-7,9H2,1-2H3. The van der Waals surface area contributed by atoms with Crippen LogP contribution in [-0.4, -0.2) is 21.6 Å². The molecule has 3 rings (SSSR count). The second-order valence-corrected chi connectivity index (χ2v) is 5.94. The van der Waals surface area contributed by atoms with Gasteiger partial charge in [-0.05, 0) is 24.0 Å². The number of nitro groups is 1. The molecule has 0 N–H and O–H groups in total. The first-order chi connectivity index (χ1) is 10.5. The van der Waals surface area contributed by atoms with Crippen molar-refractivity contribution in [1.82, 2.24) is 10.1 Å². The summed E-state index contributed by atoms with van der Waals surface area (Å²) in [4.78, 5) is 17.0. The lowest BCUT2D eigenvalue weighted by molar-refractivity contribution is -0.384. The van der Waals surface area contributed by atoms with E-state index in [0.29, 0.717) is 18.4 Å². The van der Waals surface area contributed by atoms with Crippen molar-refractivity contribution in [2.75, 3.05) is 11.4 Å². The number of anilines is 1. The van der Waals surface area contributed by atoms with Gasteiger partial charge in [0.15, 0.2) is 5.82 Å². The van der Waals surface area contributed by atoms with Gasteiger partial charge in [-0.3, -0.25) is 10.1 Å². The number of non-ortho nitro benzene ring substituents is 1. The van der Waals surface area contributed by atoms with Crippen molar-refractivity contribution in [2.45, 2.75) is 33.2 Å². The fraction of sp³-hybridized carbons (Fsp3) is 0.467. The topological polar surface area (TPSA) is 85.3 Å². The number of hydrogen-bond acceptors (Lipinski definition) is 6. The summed E-state index contributed by atoms with van der Waals surface area (Å²) in [7, 11) is 0. The van der Waals surface area contributed by atoms with E-state index in [2.05, 4.69) is 28.9 Å². The van der Waals surface area contributed by atoms with Crippen molar-refractivity contribution in [1.29, 1.82) is 0 Å². The van der Waals surface area contributed by atoms with E-state index in [-0.39, 0.29) is 10.6 Å². The van der Waals surface area contributed by atoms with Gasteiger partial charge in [-0.25, -0.2) is 0 Å². The van der Waals surface area contributed by atoms with Crippen molar-refractivity contribution in [3.05, 3.63) is 45.6 Å². The van der Waals surface area contributed by atoms with E-state index in [1.165, 1.54) is 6.07 Å². The van der Waals surface area contributed by atoms with Crippen molar-refractivity contribution < 1.29 is 9.45 Å². The molecule has 0 saturated heterocycles. The molecule has 0 bridgehead atoms. The van der Waals surface area contributed by atoms with Crippen LogP contribution in [0.15, 0.2) is 22.7 Å². The zero-order chi connectivity index (χ0) is 15.7. The van der Waals surface area contributed by atoms with E-state index in [9.17, 15) is 10.1 Å². The number of hydrogen-bond donors (Lipinski definition) is 0. The Morgan fingerprint density at radius 3 is 3.00 bits per heavy atom. The van der Waals surface area contributed by atoms with Gasteiger partial charge in [0.2, 0.25) is 5.89 Å². The first-order valence-corrected chi connectivity index (χ1v) is 7.36. The summed E-state index contributed by atoms with van der Waals surface area (Å²) in [6.45, 7) is 5.56. The molecule has 0 unspecified atom stereocenters. The van der Waals surface area contributed by atoms with Gasteiger partial charge in [0.25, 0.3) is 5.69 Å². The summed E-state index contributed by atoms with van der Waals surface area (Å²) in [5.74, 6) is 1.80. The van der Waals surface area contributed by atoms with Crippen LogP contribution in [0.4, 0.5) is 11.4 Å². The average Bonchev–Trinajstić information content (AvgIpc) is 3.05. The molecular weight excluding hydrogens is 284 g/mol. The fourth-order valence-electron chi connectivity index (χ4n) is 2.70. The SMILES string of the molecule is CC(C)Cc1noc(CN2CCc3cc([N+](=O)[O-])ccc32)n1. The van der Waals surface area contributed by atoms with Crippen LogP contribution in [0.2, 0.25) is 0 Å². The number of benzene rings is 1. The molecule has 0 fully saturated rings. The van der Waals surface area contributed by atoms with Crippen LogP contribution in [-0.2, 0) is 19.4 Å². The van der Waals surface area contributed by atoms with Crippen molar-refractivity contribution >= 4 is 11.4 Å². The maximum absolute atomic E-state index is 10.8. The number of nitro benzene ring substituents is 1. The Morgan fingerprint density at radius 2 is 2.27 bits per heavy atom. The van der Waals surface area contributed by atoms with Gasteiger partial charge in [-0.1, -0.05) is 19.0 Å². The van der Waals surface area contributed by atoms with Crippen LogP contribution in [0.5, 0.6) is 0 Å². The highest BCUT2D eigenvalue weighted by Crippen LogP contribution is 2.32. The van der Waals surface area contributed by atoms with Crippen LogP contribution in [0.3, 0.4) is 0 Å². The summed E-state index contributed by atoms with van der Waals surface area (Å²) in [5, 5.41) is 14.8. The third-order valence-corrected chi connectivity index (χ3v) is 3.69. The van der Waals surface area contributed by atoms with Gasteiger partial charge < -0.3 is 9.42 Å². The van der Waals surface area contributed by atoms with Gasteiger partial charge in [0, 0.05) is 30.8 Å². The number of nitrogens with zero attached hydrogens (tertiary/aromatic N) is 4. The summed E-state index contributed by atoms with van der Waals surface area (Å²) in [6.07, 6.45) is 1.59. The van der Waals surface area contributed by atoms with Crippen LogP contribution >= 0.6 is 0 Å². The second-order valence-electron chi connectivity index (χ2n) is 5.94. The van der Waals surface area contributed by atoms with Gasteiger partial charge in [-0.15, -0.1) is 0 Å². The first kappa shape index (κ1) is 14.5. The lowest BCUT2D eigenvalue weighted by Crippen LogP contribution is -2.19. The Balaban J connectivity index is 1.73. The van der Waals surface area contributed by atoms with Crippen LogP contribution in [0.1, 0.15) is 31.1 Å². The minimum absolute atomic E-state index is 0.137. The zero-order valence-electron chi connectivity index (χ0n) is 12.7. The van der Waals surface area contributed by atoms with E-state index in [1.54, 1.807) is 12.1 Å². The largest absolute Gasteiger partial charge is 0.362 e. The number of fused-ring (bicyclic) bond motifs is 1. The first-order valence-electron chi connectivity index (χ1n) is 7.36. The van der Waals surface area contributed by atoms with E-state index in [0.717, 1.165) is 36.5 Å². The number of aromatic nitrogens is 2. The molecule has 22 heavy (non-hydrogen) atoms. The van der Waals surface area contributed by atoms with Crippen LogP contribution in [0, 0.1) is 16.0 Å². The van der Waals surface area contributed by atoms with Crippen molar-refractivity contribution in [3.63, 3.8) is 0 Å². The Labute approximate surface area is 128 Å². The molecule has 2 heterocycles. The molecular formula is C15H18N4O3. The Morgan fingerprint density at radius 1 is 1.45 bits per heavy atom. The Hall–Kier alpha value is -2.44. The third kappa shape index (κ3) is 2.93. The molecule has 0 saturated carbocycles. The summed E-state index contributed by atoms with van der Waals surface area (Å²) in [6, 6.07) is 4.98. The highest BCUT2D eigenvalue weighted by Gasteiger charge is 2.23. The predicted molar refractivity (Wildman–Crippen MR) is 80.7 cm³/mol. The van der Waals surface area contributed by atoms with Gasteiger partial charge in [-0.2, -0.15) is 4.98 Å². The molecule has 0 amide bonds. The molecule has 1 aromatic heterocycles.